The van der Waals surface area contributed by atoms with Crippen molar-refractivity contribution in [2.24, 2.45) is 11.5 Å². The van der Waals surface area contributed by atoms with Crippen molar-refractivity contribution in [3.63, 3.8) is 0 Å². The lowest BCUT2D eigenvalue weighted by atomic mass is 10.1. The molecule has 0 heterocycles. The van der Waals surface area contributed by atoms with Crippen LogP contribution >= 0.6 is 12.2 Å². The van der Waals surface area contributed by atoms with Crippen molar-refractivity contribution in [1.82, 2.24) is 4.90 Å². The smallest absolute Gasteiger partial charge is 0.234 e. The third kappa shape index (κ3) is 3.43. The molecule has 0 aromatic rings. The fourth-order valence-electron chi connectivity index (χ4n) is 2.16. The van der Waals surface area contributed by atoms with E-state index in [1.165, 1.54) is 12.8 Å². The first-order chi connectivity index (χ1) is 7.02. The Hall–Kier alpha value is -0.680. The zero-order valence-electron chi connectivity index (χ0n) is 9.11. The largest absolute Gasteiger partial charge is 0.392 e. The SMILES string of the molecule is CC(C(N)=O)N(CC(N)=S)C1CCCC1. The molecule has 1 aliphatic rings. The van der Waals surface area contributed by atoms with Gasteiger partial charge in [0, 0.05) is 12.6 Å². The fraction of sp³-hybridized carbons (Fsp3) is 0.800. The summed E-state index contributed by atoms with van der Waals surface area (Å²) in [4.78, 5) is 13.6. The highest BCUT2D eigenvalue weighted by atomic mass is 32.1. The average molecular weight is 229 g/mol. The molecule has 15 heavy (non-hydrogen) atoms. The lowest BCUT2D eigenvalue weighted by Gasteiger charge is -2.32. The van der Waals surface area contributed by atoms with Gasteiger partial charge in [-0.05, 0) is 19.8 Å². The maximum absolute atomic E-state index is 11.2. The molecule has 5 heteroatoms. The number of nitrogens with zero attached hydrogens (tertiary/aromatic N) is 1. The Kier molecular flexibility index (Phi) is 4.47. The molecule has 86 valence electrons. The van der Waals surface area contributed by atoms with Gasteiger partial charge in [0.2, 0.25) is 5.91 Å². The van der Waals surface area contributed by atoms with Crippen LogP contribution in [0.5, 0.6) is 0 Å². The van der Waals surface area contributed by atoms with Crippen LogP contribution in [0.15, 0.2) is 0 Å². The summed E-state index contributed by atoms with van der Waals surface area (Å²) in [7, 11) is 0. The minimum Gasteiger partial charge on any atom is -0.392 e. The first kappa shape index (κ1) is 12.4. The van der Waals surface area contributed by atoms with E-state index in [1.807, 2.05) is 11.8 Å². The second kappa shape index (κ2) is 5.42. The topological polar surface area (TPSA) is 72.4 Å². The van der Waals surface area contributed by atoms with E-state index in [2.05, 4.69) is 0 Å². The quantitative estimate of drug-likeness (QED) is 0.669. The van der Waals surface area contributed by atoms with Gasteiger partial charge in [0.25, 0.3) is 0 Å². The van der Waals surface area contributed by atoms with E-state index in [0.29, 0.717) is 17.6 Å². The van der Waals surface area contributed by atoms with Crippen LogP contribution in [0.25, 0.3) is 0 Å². The molecule has 1 atom stereocenters. The number of hydrogen-bond acceptors (Lipinski definition) is 3. The van der Waals surface area contributed by atoms with Crippen LogP contribution in [-0.4, -0.2) is 34.4 Å². The summed E-state index contributed by atoms with van der Waals surface area (Å²) in [6, 6.07) is 0.128. The molecule has 0 saturated heterocycles. The van der Waals surface area contributed by atoms with Crippen LogP contribution in [0.4, 0.5) is 0 Å². The highest BCUT2D eigenvalue weighted by molar-refractivity contribution is 7.80. The van der Waals surface area contributed by atoms with E-state index in [-0.39, 0.29) is 11.9 Å². The third-order valence-corrected chi connectivity index (χ3v) is 3.17. The Balaban J connectivity index is 2.67. The maximum Gasteiger partial charge on any atom is 0.234 e. The molecule has 1 aliphatic carbocycles. The lowest BCUT2D eigenvalue weighted by Crippen LogP contribution is -2.50. The molecule has 0 spiro atoms. The van der Waals surface area contributed by atoms with Gasteiger partial charge in [0.1, 0.15) is 0 Å². The number of thiocarbonyl (C=S) groups is 1. The summed E-state index contributed by atoms with van der Waals surface area (Å²) in [5, 5.41) is 0. The molecular formula is C10H19N3OS. The molecule has 4 N–H and O–H groups in total. The van der Waals surface area contributed by atoms with Crippen molar-refractivity contribution in [3.8, 4) is 0 Å². The van der Waals surface area contributed by atoms with Gasteiger partial charge in [0.15, 0.2) is 0 Å². The number of primary amides is 1. The van der Waals surface area contributed by atoms with Crippen LogP contribution < -0.4 is 11.5 Å². The van der Waals surface area contributed by atoms with Crippen LogP contribution in [0.1, 0.15) is 32.6 Å². The summed E-state index contributed by atoms with van der Waals surface area (Å²) < 4.78 is 0. The minimum absolute atomic E-state index is 0.283. The summed E-state index contributed by atoms with van der Waals surface area (Å²) in [6.07, 6.45) is 4.65. The van der Waals surface area contributed by atoms with Gasteiger partial charge < -0.3 is 11.5 Å². The molecule has 0 aromatic heterocycles. The Morgan fingerprint density at radius 1 is 1.47 bits per heavy atom. The summed E-state index contributed by atoms with van der Waals surface area (Å²) in [5.41, 5.74) is 10.9. The van der Waals surface area contributed by atoms with Crippen LogP contribution in [0.2, 0.25) is 0 Å². The maximum atomic E-state index is 11.2. The van der Waals surface area contributed by atoms with Gasteiger partial charge >= 0.3 is 0 Å². The van der Waals surface area contributed by atoms with E-state index < -0.39 is 0 Å². The van der Waals surface area contributed by atoms with Gasteiger partial charge in [-0.1, -0.05) is 25.1 Å². The van der Waals surface area contributed by atoms with Crippen LogP contribution in [0.3, 0.4) is 0 Å². The van der Waals surface area contributed by atoms with Gasteiger partial charge in [-0.15, -0.1) is 0 Å². The lowest BCUT2D eigenvalue weighted by molar-refractivity contribution is -0.123. The molecule has 0 bridgehead atoms. The molecule has 1 unspecified atom stereocenters. The first-order valence-electron chi connectivity index (χ1n) is 5.35. The second-order valence-electron chi connectivity index (χ2n) is 4.16. The number of carbonyl (C=O) groups is 1. The monoisotopic (exact) mass is 229 g/mol. The number of hydrogen-bond donors (Lipinski definition) is 2. The number of amides is 1. The van der Waals surface area contributed by atoms with Crippen molar-refractivity contribution in [1.29, 1.82) is 0 Å². The van der Waals surface area contributed by atoms with Crippen molar-refractivity contribution < 1.29 is 4.79 Å². The molecule has 0 radical (unpaired) electrons. The summed E-state index contributed by atoms with van der Waals surface area (Å²) in [6.45, 7) is 2.31. The van der Waals surface area contributed by atoms with Gasteiger partial charge in [0.05, 0.1) is 11.0 Å². The minimum atomic E-state index is -0.307. The first-order valence-corrected chi connectivity index (χ1v) is 5.76. The van der Waals surface area contributed by atoms with Crippen LogP contribution in [0, 0.1) is 0 Å². The molecular weight excluding hydrogens is 210 g/mol. The highest BCUT2D eigenvalue weighted by Crippen LogP contribution is 2.24. The predicted molar refractivity (Wildman–Crippen MR) is 64.4 cm³/mol. The zero-order valence-corrected chi connectivity index (χ0v) is 9.93. The second-order valence-corrected chi connectivity index (χ2v) is 4.68. The van der Waals surface area contributed by atoms with Crippen molar-refractivity contribution in [3.05, 3.63) is 0 Å². The van der Waals surface area contributed by atoms with Crippen molar-refractivity contribution >= 4 is 23.1 Å². The van der Waals surface area contributed by atoms with E-state index in [1.54, 1.807) is 0 Å². The molecule has 1 rings (SSSR count). The third-order valence-electron chi connectivity index (χ3n) is 3.04. The van der Waals surface area contributed by atoms with Gasteiger partial charge in [-0.2, -0.15) is 0 Å². The molecule has 4 nitrogen and oxygen atoms in total. The zero-order chi connectivity index (χ0) is 11.4. The predicted octanol–water partition coefficient (Wildman–Crippen LogP) is 0.391. The number of rotatable bonds is 5. The van der Waals surface area contributed by atoms with E-state index in [0.717, 1.165) is 12.8 Å². The number of nitrogens with two attached hydrogens (primary N) is 2. The molecule has 1 saturated carbocycles. The van der Waals surface area contributed by atoms with E-state index >= 15 is 0 Å². The Morgan fingerprint density at radius 2 is 2.00 bits per heavy atom. The van der Waals surface area contributed by atoms with E-state index in [9.17, 15) is 4.79 Å². The fourth-order valence-corrected chi connectivity index (χ4v) is 2.31. The molecule has 0 aromatic carbocycles. The van der Waals surface area contributed by atoms with Gasteiger partial charge in [-0.3, -0.25) is 9.69 Å². The average Bonchev–Trinajstić information content (AvgIpc) is 2.65. The van der Waals surface area contributed by atoms with Crippen LogP contribution in [-0.2, 0) is 4.79 Å². The molecule has 0 aliphatic heterocycles. The highest BCUT2D eigenvalue weighted by Gasteiger charge is 2.29. The standard InChI is InChI=1S/C10H19N3OS/c1-7(10(12)14)13(6-9(11)15)8-4-2-3-5-8/h7-8H,2-6H2,1H3,(H2,11,15)(H2,12,14). The molecule has 1 amide bonds. The normalized spacial score (nSPS) is 19.3. The Labute approximate surface area is 96.0 Å². The Bertz CT molecular complexity index is 251. The Morgan fingerprint density at radius 3 is 2.40 bits per heavy atom. The molecule has 1 fully saturated rings. The summed E-state index contributed by atoms with van der Waals surface area (Å²) >= 11 is 4.90. The van der Waals surface area contributed by atoms with Crippen molar-refractivity contribution in [2.75, 3.05) is 6.54 Å². The van der Waals surface area contributed by atoms with Crippen molar-refractivity contribution in [2.45, 2.75) is 44.7 Å². The van der Waals surface area contributed by atoms with E-state index in [4.69, 9.17) is 23.7 Å². The van der Waals surface area contributed by atoms with Gasteiger partial charge in [-0.25, -0.2) is 0 Å². The number of carbonyl (C=O) groups excluding carboxylic acids is 1. The summed E-state index contributed by atoms with van der Waals surface area (Å²) in [5.74, 6) is -0.307.